The van der Waals surface area contributed by atoms with Crippen molar-refractivity contribution < 1.29 is 13.2 Å². The number of sulfone groups is 1. The smallest absolute Gasteiger partial charge is 0.189 e. The van der Waals surface area contributed by atoms with Gasteiger partial charge in [-0.1, -0.05) is 35.9 Å². The molecular weight excluding hydrogens is 444 g/mol. The van der Waals surface area contributed by atoms with Gasteiger partial charge in [0.2, 0.25) is 0 Å². The summed E-state index contributed by atoms with van der Waals surface area (Å²) in [5.74, 6) is 0.601. The van der Waals surface area contributed by atoms with Gasteiger partial charge in [-0.2, -0.15) is 0 Å². The van der Waals surface area contributed by atoms with E-state index in [1.54, 1.807) is 12.1 Å². The van der Waals surface area contributed by atoms with E-state index in [-0.39, 0.29) is 0 Å². The molecule has 0 aliphatic heterocycles. The topological polar surface area (TPSA) is 49.9 Å². The first-order valence-electron chi connectivity index (χ1n) is 11.8. The molecule has 0 spiro atoms. The van der Waals surface area contributed by atoms with Gasteiger partial charge in [0.15, 0.2) is 9.84 Å². The van der Waals surface area contributed by atoms with E-state index in [1.165, 1.54) is 0 Å². The fraction of sp³-hybridized carbons (Fsp3) is 0.357. The summed E-state index contributed by atoms with van der Waals surface area (Å²) in [6.45, 7) is 10.3. The zero-order chi connectivity index (χ0) is 24.9. The number of hydrogen-bond donors (Lipinski definition) is 0. The highest BCUT2D eigenvalue weighted by Gasteiger charge is 2.33. The Hall–Kier alpha value is -2.99. The van der Waals surface area contributed by atoms with Crippen LogP contribution in [0.5, 0.6) is 5.75 Å². The number of aryl methyl sites for hydroxylation is 1. The highest BCUT2D eigenvalue weighted by Crippen LogP contribution is 2.41. The lowest BCUT2D eigenvalue weighted by Gasteiger charge is -2.26. The van der Waals surface area contributed by atoms with Crippen LogP contribution in [-0.2, 0) is 9.84 Å². The van der Waals surface area contributed by atoms with Crippen LogP contribution in [0.15, 0.2) is 71.6 Å². The highest BCUT2D eigenvalue weighted by molar-refractivity contribution is 7.92. The van der Waals surface area contributed by atoms with Crippen molar-refractivity contribution in [2.45, 2.75) is 37.8 Å². The zero-order valence-corrected chi connectivity index (χ0v) is 21.9. The number of nitrogens with zero attached hydrogens (tertiary/aromatic N) is 2. The van der Waals surface area contributed by atoms with Gasteiger partial charge in [0.1, 0.15) is 11.0 Å². The highest BCUT2D eigenvalue weighted by atomic mass is 32.2. The summed E-state index contributed by atoms with van der Waals surface area (Å²) in [6, 6.07) is 20.7. The van der Waals surface area contributed by atoms with Gasteiger partial charge >= 0.3 is 0 Å². The van der Waals surface area contributed by atoms with Crippen LogP contribution in [0.2, 0.25) is 0 Å². The molecule has 0 saturated heterocycles. The fourth-order valence-electron chi connectivity index (χ4n) is 4.14. The Balaban J connectivity index is 2.23. The Bertz CT molecular complexity index is 1180. The van der Waals surface area contributed by atoms with E-state index >= 15 is 0 Å². The van der Waals surface area contributed by atoms with Crippen LogP contribution < -0.4 is 14.5 Å². The molecule has 34 heavy (non-hydrogen) atoms. The van der Waals surface area contributed by atoms with Crippen LogP contribution >= 0.6 is 0 Å². The maximum absolute atomic E-state index is 14.1. The molecule has 0 aliphatic carbocycles. The minimum absolute atomic E-state index is 0.301. The summed E-state index contributed by atoms with van der Waals surface area (Å²) in [6.07, 6.45) is 0. The van der Waals surface area contributed by atoms with Crippen molar-refractivity contribution >= 4 is 21.2 Å². The quantitative estimate of drug-likeness (QED) is 0.363. The second-order valence-electron chi connectivity index (χ2n) is 8.55. The first-order valence-corrected chi connectivity index (χ1v) is 13.4. The molecule has 182 valence electrons. The van der Waals surface area contributed by atoms with E-state index in [9.17, 15) is 8.42 Å². The van der Waals surface area contributed by atoms with Crippen molar-refractivity contribution in [1.29, 1.82) is 0 Å². The van der Waals surface area contributed by atoms with Crippen LogP contribution in [0.3, 0.4) is 0 Å². The molecule has 1 atom stereocenters. The molecule has 3 aromatic carbocycles. The van der Waals surface area contributed by atoms with Crippen molar-refractivity contribution in [2.75, 3.05) is 43.6 Å². The third-order valence-corrected chi connectivity index (χ3v) is 8.16. The van der Waals surface area contributed by atoms with Crippen LogP contribution in [0, 0.1) is 6.92 Å². The molecule has 0 aliphatic rings. The Morgan fingerprint density at radius 2 is 1.41 bits per heavy atom. The van der Waals surface area contributed by atoms with Gasteiger partial charge < -0.3 is 14.5 Å². The molecule has 3 aromatic rings. The molecule has 0 radical (unpaired) electrons. The van der Waals surface area contributed by atoms with Crippen molar-refractivity contribution in [1.82, 2.24) is 0 Å². The lowest BCUT2D eigenvalue weighted by Crippen LogP contribution is -2.22. The van der Waals surface area contributed by atoms with Gasteiger partial charge in [0, 0.05) is 50.2 Å². The molecule has 0 N–H and O–H groups in total. The second kappa shape index (κ2) is 11.0. The van der Waals surface area contributed by atoms with Gasteiger partial charge in [0.05, 0.1) is 11.5 Å². The van der Waals surface area contributed by atoms with Crippen molar-refractivity contribution in [3.05, 3.63) is 83.4 Å². The average molecular weight is 481 g/mol. The maximum Gasteiger partial charge on any atom is 0.189 e. The minimum atomic E-state index is -3.75. The van der Waals surface area contributed by atoms with Crippen LogP contribution in [0.4, 0.5) is 11.4 Å². The van der Waals surface area contributed by atoms with Crippen LogP contribution in [-0.4, -0.2) is 42.2 Å². The molecule has 0 amide bonds. The van der Waals surface area contributed by atoms with Crippen molar-refractivity contribution in [3.63, 3.8) is 0 Å². The first kappa shape index (κ1) is 25.6. The van der Waals surface area contributed by atoms with E-state index in [1.807, 2.05) is 87.4 Å². The van der Waals surface area contributed by atoms with E-state index in [2.05, 4.69) is 18.7 Å². The van der Waals surface area contributed by atoms with E-state index < -0.39 is 15.1 Å². The molecule has 0 aromatic heterocycles. The first-order chi connectivity index (χ1) is 16.2. The summed E-state index contributed by atoms with van der Waals surface area (Å²) in [7, 11) is 0.185. The number of benzene rings is 3. The van der Waals surface area contributed by atoms with Crippen molar-refractivity contribution in [2.24, 2.45) is 0 Å². The van der Waals surface area contributed by atoms with E-state index in [0.717, 1.165) is 30.0 Å². The van der Waals surface area contributed by atoms with Crippen LogP contribution in [0.1, 0.15) is 42.7 Å². The maximum atomic E-state index is 14.1. The largest absolute Gasteiger partial charge is 0.493 e. The summed E-state index contributed by atoms with van der Waals surface area (Å²) >= 11 is 0. The number of anilines is 2. The third kappa shape index (κ3) is 5.39. The fourth-order valence-corrected chi connectivity index (χ4v) is 5.97. The predicted molar refractivity (Wildman–Crippen MR) is 142 cm³/mol. The van der Waals surface area contributed by atoms with Gasteiger partial charge in [-0.25, -0.2) is 8.42 Å². The summed E-state index contributed by atoms with van der Waals surface area (Å²) in [5, 5.41) is -0.890. The molecule has 3 rings (SSSR count). The van der Waals surface area contributed by atoms with Gasteiger partial charge in [-0.05, 0) is 63.6 Å². The minimum Gasteiger partial charge on any atom is -0.493 e. The third-order valence-electron chi connectivity index (χ3n) is 6.08. The monoisotopic (exact) mass is 480 g/mol. The molecule has 5 nitrogen and oxygen atoms in total. The zero-order valence-electron chi connectivity index (χ0n) is 21.1. The molecule has 0 saturated carbocycles. The molecule has 1 unspecified atom stereocenters. The SMILES string of the molecule is CCOc1cc(N(CC)CC)ccc1C(c1ccc(N(C)C)cc1)S(=O)(=O)c1ccc(C)cc1. The average Bonchev–Trinajstić information content (AvgIpc) is 2.82. The summed E-state index contributed by atoms with van der Waals surface area (Å²) in [4.78, 5) is 4.52. The van der Waals surface area contributed by atoms with Crippen molar-refractivity contribution in [3.8, 4) is 5.75 Å². The molecule has 0 fully saturated rings. The van der Waals surface area contributed by atoms with E-state index in [0.29, 0.717) is 28.4 Å². The lowest BCUT2D eigenvalue weighted by molar-refractivity contribution is 0.336. The molecule has 6 heteroatoms. The normalized spacial score (nSPS) is 12.3. The van der Waals surface area contributed by atoms with Gasteiger partial charge in [-0.15, -0.1) is 0 Å². The Morgan fingerprint density at radius 1 is 0.824 bits per heavy atom. The second-order valence-corrected chi connectivity index (χ2v) is 10.6. The Labute approximate surface area is 204 Å². The number of ether oxygens (including phenoxy) is 1. The van der Waals surface area contributed by atoms with Crippen LogP contribution in [0.25, 0.3) is 0 Å². The van der Waals surface area contributed by atoms with E-state index in [4.69, 9.17) is 4.74 Å². The number of hydrogen-bond acceptors (Lipinski definition) is 5. The Morgan fingerprint density at radius 3 is 1.94 bits per heavy atom. The summed E-state index contributed by atoms with van der Waals surface area (Å²) in [5.41, 5.74) is 4.41. The number of rotatable bonds is 10. The molecular formula is C28H36N2O3S. The summed E-state index contributed by atoms with van der Waals surface area (Å²) < 4.78 is 34.2. The predicted octanol–water partition coefficient (Wildman–Crippen LogP) is 5.87. The molecule has 0 bridgehead atoms. The molecule has 0 heterocycles. The Kier molecular flexibility index (Phi) is 8.26. The van der Waals surface area contributed by atoms with Gasteiger partial charge in [-0.3, -0.25) is 0 Å². The standard InChI is InChI=1S/C28H36N2O3S/c1-7-30(8-2)24-16-19-26(27(20-24)33-9-3)28(22-12-14-23(15-13-22)29(5)6)34(31,32)25-17-10-21(4)11-18-25/h10-20,28H,7-9H2,1-6H3. The lowest BCUT2D eigenvalue weighted by atomic mass is 10.0. The van der Waals surface area contributed by atoms with Gasteiger partial charge in [0.25, 0.3) is 0 Å².